The number of fused-ring (bicyclic) bond motifs is 1. The summed E-state index contributed by atoms with van der Waals surface area (Å²) >= 11 is 0. The summed E-state index contributed by atoms with van der Waals surface area (Å²) in [6.07, 6.45) is 5.83. The molecule has 2 aromatic heterocycles. The van der Waals surface area contributed by atoms with E-state index in [1.165, 1.54) is 19.3 Å². The first-order valence-electron chi connectivity index (χ1n) is 7.97. The zero-order chi connectivity index (χ0) is 14.8. The Labute approximate surface area is 126 Å². The third kappa shape index (κ3) is 3.02. The van der Waals surface area contributed by atoms with E-state index in [4.69, 9.17) is 4.98 Å². The lowest BCUT2D eigenvalue weighted by Gasteiger charge is -2.32. The van der Waals surface area contributed by atoms with Crippen molar-refractivity contribution in [1.29, 1.82) is 0 Å². The molecule has 1 saturated heterocycles. The number of hydrogen-bond acceptors (Lipinski definition) is 4. The van der Waals surface area contributed by atoms with Gasteiger partial charge in [0.05, 0.1) is 0 Å². The van der Waals surface area contributed by atoms with Gasteiger partial charge in [-0.25, -0.2) is 4.52 Å². The van der Waals surface area contributed by atoms with Crippen LogP contribution in [0.2, 0.25) is 0 Å². The minimum absolute atomic E-state index is 0.395. The van der Waals surface area contributed by atoms with Crippen molar-refractivity contribution in [2.45, 2.75) is 52.1 Å². The second-order valence-corrected chi connectivity index (χ2v) is 6.26. The molecule has 21 heavy (non-hydrogen) atoms. The van der Waals surface area contributed by atoms with Crippen molar-refractivity contribution in [1.82, 2.24) is 19.9 Å². The van der Waals surface area contributed by atoms with Gasteiger partial charge in [0, 0.05) is 24.8 Å². The van der Waals surface area contributed by atoms with Crippen LogP contribution in [0.3, 0.4) is 0 Å². The zero-order valence-corrected chi connectivity index (χ0v) is 13.2. The first-order valence-corrected chi connectivity index (χ1v) is 7.97. The van der Waals surface area contributed by atoms with Gasteiger partial charge in [-0.05, 0) is 51.8 Å². The fourth-order valence-electron chi connectivity index (χ4n) is 2.99. The Morgan fingerprint density at radius 1 is 1.43 bits per heavy atom. The lowest BCUT2D eigenvalue weighted by molar-refractivity contribution is 0.392. The zero-order valence-electron chi connectivity index (χ0n) is 13.2. The molecule has 0 aromatic carbocycles. The van der Waals surface area contributed by atoms with Crippen molar-refractivity contribution in [2.75, 3.05) is 18.0 Å². The molecule has 1 aliphatic heterocycles. The van der Waals surface area contributed by atoms with Crippen LogP contribution in [0.25, 0.3) is 5.65 Å². The van der Waals surface area contributed by atoms with Crippen LogP contribution in [0, 0.1) is 6.92 Å². The standard InChI is InChI=1S/C16H25N5/c1-12(2)20(11-14-8-4-5-9-17-14)16-18-15-13(3)7-6-10-21(15)19-16/h6-7,10,12,14,17H,4-5,8-9,11H2,1-3H3. The maximum absolute atomic E-state index is 4.75. The monoisotopic (exact) mass is 287 g/mol. The molecule has 0 spiro atoms. The van der Waals surface area contributed by atoms with Gasteiger partial charge in [0.1, 0.15) is 0 Å². The van der Waals surface area contributed by atoms with Crippen molar-refractivity contribution in [3.8, 4) is 0 Å². The van der Waals surface area contributed by atoms with Gasteiger partial charge in [-0.1, -0.05) is 12.5 Å². The fraction of sp³-hybridized carbons (Fsp3) is 0.625. The summed E-state index contributed by atoms with van der Waals surface area (Å²) in [7, 11) is 0. The van der Waals surface area contributed by atoms with Crippen LogP contribution in [0.15, 0.2) is 18.3 Å². The van der Waals surface area contributed by atoms with E-state index in [9.17, 15) is 0 Å². The molecule has 1 atom stereocenters. The lowest BCUT2D eigenvalue weighted by atomic mass is 10.0. The van der Waals surface area contributed by atoms with Crippen LogP contribution in [-0.4, -0.2) is 39.8 Å². The largest absolute Gasteiger partial charge is 0.336 e. The Balaban J connectivity index is 1.86. The van der Waals surface area contributed by atoms with E-state index in [1.807, 2.05) is 16.8 Å². The first-order chi connectivity index (χ1) is 10.1. The molecule has 0 amide bonds. The average molecular weight is 287 g/mol. The molecule has 1 N–H and O–H groups in total. The summed E-state index contributed by atoms with van der Waals surface area (Å²) in [5.41, 5.74) is 2.12. The number of anilines is 1. The molecule has 0 bridgehead atoms. The van der Waals surface area contributed by atoms with Crippen molar-refractivity contribution in [3.05, 3.63) is 23.9 Å². The van der Waals surface area contributed by atoms with E-state index in [0.717, 1.165) is 30.2 Å². The van der Waals surface area contributed by atoms with Gasteiger partial charge < -0.3 is 10.2 Å². The smallest absolute Gasteiger partial charge is 0.245 e. The van der Waals surface area contributed by atoms with Gasteiger partial charge in [0.25, 0.3) is 0 Å². The number of hydrogen-bond donors (Lipinski definition) is 1. The number of pyridine rings is 1. The summed E-state index contributed by atoms with van der Waals surface area (Å²) in [5, 5.41) is 8.28. The Kier molecular flexibility index (Phi) is 4.10. The first kappa shape index (κ1) is 14.3. The Hall–Kier alpha value is -1.62. The maximum Gasteiger partial charge on any atom is 0.245 e. The number of nitrogens with one attached hydrogen (secondary N) is 1. The van der Waals surface area contributed by atoms with E-state index in [1.54, 1.807) is 0 Å². The average Bonchev–Trinajstić information content (AvgIpc) is 2.91. The highest BCUT2D eigenvalue weighted by molar-refractivity contribution is 5.50. The maximum atomic E-state index is 4.75. The number of aromatic nitrogens is 3. The molecule has 1 aliphatic rings. The normalized spacial score (nSPS) is 19.3. The summed E-state index contributed by atoms with van der Waals surface area (Å²) in [4.78, 5) is 7.06. The van der Waals surface area contributed by atoms with Crippen LogP contribution in [0.4, 0.5) is 5.95 Å². The fourth-order valence-corrected chi connectivity index (χ4v) is 2.99. The highest BCUT2D eigenvalue weighted by Gasteiger charge is 2.22. The Morgan fingerprint density at radius 3 is 2.95 bits per heavy atom. The lowest BCUT2D eigenvalue weighted by Crippen LogP contribution is -2.46. The van der Waals surface area contributed by atoms with Crippen LogP contribution in [0.1, 0.15) is 38.7 Å². The van der Waals surface area contributed by atoms with E-state index >= 15 is 0 Å². The van der Waals surface area contributed by atoms with E-state index in [0.29, 0.717) is 12.1 Å². The van der Waals surface area contributed by atoms with Gasteiger partial charge in [0.15, 0.2) is 5.65 Å². The second kappa shape index (κ2) is 6.02. The van der Waals surface area contributed by atoms with Gasteiger partial charge in [-0.2, -0.15) is 4.98 Å². The van der Waals surface area contributed by atoms with Crippen molar-refractivity contribution in [3.63, 3.8) is 0 Å². The molecule has 0 saturated carbocycles. The summed E-state index contributed by atoms with van der Waals surface area (Å²) < 4.78 is 1.88. The molecule has 5 nitrogen and oxygen atoms in total. The SMILES string of the molecule is Cc1cccn2nc(N(CC3CCCCN3)C(C)C)nc12. The highest BCUT2D eigenvalue weighted by Crippen LogP contribution is 2.18. The van der Waals surface area contributed by atoms with Crippen LogP contribution < -0.4 is 10.2 Å². The van der Waals surface area contributed by atoms with Gasteiger partial charge in [0.2, 0.25) is 5.95 Å². The topological polar surface area (TPSA) is 45.5 Å². The van der Waals surface area contributed by atoms with Gasteiger partial charge in [-0.15, -0.1) is 5.10 Å². The van der Waals surface area contributed by atoms with Crippen molar-refractivity contribution >= 4 is 11.6 Å². The summed E-state index contributed by atoms with van der Waals surface area (Å²) in [6.45, 7) is 8.61. The number of nitrogens with zero attached hydrogens (tertiary/aromatic N) is 4. The summed E-state index contributed by atoms with van der Waals surface area (Å²) in [5.74, 6) is 0.840. The predicted molar refractivity (Wildman–Crippen MR) is 85.8 cm³/mol. The number of rotatable bonds is 4. The molecule has 2 aromatic rings. The van der Waals surface area contributed by atoms with Crippen LogP contribution >= 0.6 is 0 Å². The van der Waals surface area contributed by atoms with Crippen LogP contribution in [0.5, 0.6) is 0 Å². The molecule has 0 radical (unpaired) electrons. The number of aryl methyl sites for hydroxylation is 1. The van der Waals surface area contributed by atoms with Crippen LogP contribution in [-0.2, 0) is 0 Å². The molecular formula is C16H25N5. The Bertz CT molecular complexity index is 598. The molecule has 3 heterocycles. The third-order valence-corrected chi connectivity index (χ3v) is 4.26. The minimum atomic E-state index is 0.395. The highest BCUT2D eigenvalue weighted by atomic mass is 15.4. The quantitative estimate of drug-likeness (QED) is 0.938. The molecular weight excluding hydrogens is 262 g/mol. The predicted octanol–water partition coefficient (Wildman–Crippen LogP) is 2.39. The molecule has 3 rings (SSSR count). The summed E-state index contributed by atoms with van der Waals surface area (Å²) in [6, 6.07) is 5.04. The second-order valence-electron chi connectivity index (χ2n) is 6.26. The van der Waals surface area contributed by atoms with Crippen molar-refractivity contribution in [2.24, 2.45) is 0 Å². The van der Waals surface area contributed by atoms with Crippen molar-refractivity contribution < 1.29 is 0 Å². The van der Waals surface area contributed by atoms with Gasteiger partial charge >= 0.3 is 0 Å². The molecule has 0 aliphatic carbocycles. The van der Waals surface area contributed by atoms with E-state index in [-0.39, 0.29) is 0 Å². The molecule has 1 unspecified atom stereocenters. The third-order valence-electron chi connectivity index (χ3n) is 4.26. The van der Waals surface area contributed by atoms with E-state index in [2.05, 4.69) is 42.2 Å². The minimum Gasteiger partial charge on any atom is -0.336 e. The molecule has 5 heteroatoms. The van der Waals surface area contributed by atoms with Gasteiger partial charge in [-0.3, -0.25) is 0 Å². The Morgan fingerprint density at radius 2 is 2.29 bits per heavy atom. The molecule has 114 valence electrons. The van der Waals surface area contributed by atoms with E-state index < -0.39 is 0 Å². The molecule has 1 fully saturated rings. The number of piperidine rings is 1.